The third-order valence-electron chi connectivity index (χ3n) is 6.99. The van der Waals surface area contributed by atoms with Crippen molar-refractivity contribution in [1.82, 2.24) is 9.97 Å². The van der Waals surface area contributed by atoms with Crippen LogP contribution in [0.3, 0.4) is 0 Å². The summed E-state index contributed by atoms with van der Waals surface area (Å²) >= 11 is 0. The maximum absolute atomic E-state index is 11.0. The Bertz CT molecular complexity index is 1250. The lowest BCUT2D eigenvalue weighted by Crippen LogP contribution is -2.47. The van der Waals surface area contributed by atoms with Crippen molar-refractivity contribution in [3.8, 4) is 22.5 Å². The Hall–Kier alpha value is -3.45. The third kappa shape index (κ3) is 5.00. The van der Waals surface area contributed by atoms with Crippen LogP contribution in [-0.4, -0.2) is 46.5 Å². The summed E-state index contributed by atoms with van der Waals surface area (Å²) < 4.78 is 0. The van der Waals surface area contributed by atoms with Crippen LogP contribution in [0.5, 0.6) is 0 Å². The molecule has 0 bridgehead atoms. The molecule has 3 aromatic rings. The molecule has 0 saturated carbocycles. The number of nitrogens with zero attached hydrogens (tertiary/aromatic N) is 6. The number of hydrogen-bond donors (Lipinski definition) is 1. The lowest BCUT2D eigenvalue weighted by molar-refractivity contribution is 0.129. The summed E-state index contributed by atoms with van der Waals surface area (Å²) in [7, 11) is 2.03. The van der Waals surface area contributed by atoms with Gasteiger partial charge in [-0.05, 0) is 38.3 Å². The fraction of sp³-hybridized carbons (Fsp3) is 0.393. The lowest BCUT2D eigenvalue weighted by Gasteiger charge is -2.38. The van der Waals surface area contributed by atoms with Gasteiger partial charge in [-0.3, -0.25) is 0 Å². The number of aryl methyl sites for hydroxylation is 2. The van der Waals surface area contributed by atoms with E-state index in [9.17, 15) is 5.11 Å². The van der Waals surface area contributed by atoms with Crippen LogP contribution in [0.4, 0.5) is 5.82 Å². The van der Waals surface area contributed by atoms with Crippen molar-refractivity contribution >= 4 is 11.5 Å². The average molecular weight is 469 g/mol. The zero-order chi connectivity index (χ0) is 24.4. The molecule has 2 aromatic carbocycles. The van der Waals surface area contributed by atoms with E-state index in [-0.39, 0.29) is 6.04 Å². The average Bonchev–Trinajstić information content (AvgIpc) is 3.37. The molecule has 5 rings (SSSR count). The SMILES string of the molecule is Cc1ccc(-c2nc3c(nc2-c2ccc(C)cc2)N(C)C(CCCCC2=NN=NC2)C(O)C3)cc1. The quantitative estimate of drug-likeness (QED) is 0.462. The fourth-order valence-corrected chi connectivity index (χ4v) is 4.89. The molecule has 0 radical (unpaired) electrons. The first-order chi connectivity index (χ1) is 17.0. The van der Waals surface area contributed by atoms with E-state index in [0.717, 1.165) is 65.4 Å². The Labute approximate surface area is 206 Å². The van der Waals surface area contributed by atoms with Crippen LogP contribution in [-0.2, 0) is 6.42 Å². The molecule has 0 spiro atoms. The number of aliphatic hydroxyl groups is 1. The first-order valence-electron chi connectivity index (χ1n) is 12.4. The molecule has 2 atom stereocenters. The van der Waals surface area contributed by atoms with Gasteiger partial charge in [0.2, 0.25) is 0 Å². The van der Waals surface area contributed by atoms with E-state index >= 15 is 0 Å². The minimum absolute atomic E-state index is 0.00721. The number of hydrogen-bond acceptors (Lipinski definition) is 7. The van der Waals surface area contributed by atoms with Crippen LogP contribution in [0.2, 0.25) is 0 Å². The monoisotopic (exact) mass is 468 g/mol. The predicted octanol–water partition coefficient (Wildman–Crippen LogP) is 5.53. The number of fused-ring (bicyclic) bond motifs is 1. The predicted molar refractivity (Wildman–Crippen MR) is 140 cm³/mol. The Morgan fingerprint density at radius 3 is 2.11 bits per heavy atom. The maximum Gasteiger partial charge on any atom is 0.151 e. The molecule has 7 heteroatoms. The summed E-state index contributed by atoms with van der Waals surface area (Å²) in [6.07, 6.45) is 3.84. The van der Waals surface area contributed by atoms with Gasteiger partial charge in [0.25, 0.3) is 0 Å². The Kier molecular flexibility index (Phi) is 6.68. The molecule has 180 valence electrons. The van der Waals surface area contributed by atoms with Crippen LogP contribution in [0, 0.1) is 13.8 Å². The smallest absolute Gasteiger partial charge is 0.151 e. The van der Waals surface area contributed by atoms with Gasteiger partial charge in [0.15, 0.2) is 5.82 Å². The van der Waals surface area contributed by atoms with Crippen molar-refractivity contribution in [3.63, 3.8) is 0 Å². The highest BCUT2D eigenvalue weighted by atomic mass is 16.3. The van der Waals surface area contributed by atoms with Crippen LogP contribution >= 0.6 is 0 Å². The number of aliphatic hydroxyl groups excluding tert-OH is 1. The van der Waals surface area contributed by atoms with E-state index in [1.165, 1.54) is 11.1 Å². The second-order valence-electron chi connectivity index (χ2n) is 9.67. The van der Waals surface area contributed by atoms with Crippen LogP contribution in [0.25, 0.3) is 22.5 Å². The van der Waals surface area contributed by atoms with Gasteiger partial charge < -0.3 is 10.0 Å². The Morgan fingerprint density at radius 1 is 0.886 bits per heavy atom. The van der Waals surface area contributed by atoms with Gasteiger partial charge in [0, 0.05) is 24.6 Å². The van der Waals surface area contributed by atoms with Crippen molar-refractivity contribution in [2.45, 2.75) is 58.1 Å². The largest absolute Gasteiger partial charge is 0.391 e. The first kappa shape index (κ1) is 23.3. The molecular formula is C28H32N6O. The van der Waals surface area contributed by atoms with Crippen molar-refractivity contribution in [2.75, 3.05) is 18.5 Å². The molecule has 3 heterocycles. The summed E-state index contributed by atoms with van der Waals surface area (Å²) in [6, 6.07) is 16.9. The minimum atomic E-state index is -0.480. The second-order valence-corrected chi connectivity index (χ2v) is 9.67. The molecule has 2 aliphatic heterocycles. The minimum Gasteiger partial charge on any atom is -0.391 e. The molecule has 0 aliphatic carbocycles. The van der Waals surface area contributed by atoms with E-state index in [0.29, 0.717) is 13.0 Å². The topological polar surface area (TPSA) is 86.3 Å². The van der Waals surface area contributed by atoms with E-state index < -0.39 is 6.10 Å². The molecule has 7 nitrogen and oxygen atoms in total. The molecular weight excluding hydrogens is 436 g/mol. The summed E-state index contributed by atoms with van der Waals surface area (Å²) in [6.45, 7) is 4.80. The third-order valence-corrected chi connectivity index (χ3v) is 6.99. The van der Waals surface area contributed by atoms with Gasteiger partial charge >= 0.3 is 0 Å². The van der Waals surface area contributed by atoms with E-state index in [1.807, 2.05) is 7.05 Å². The summed E-state index contributed by atoms with van der Waals surface area (Å²) in [5, 5.41) is 22.7. The molecule has 1 aromatic heterocycles. The molecule has 35 heavy (non-hydrogen) atoms. The molecule has 0 amide bonds. The van der Waals surface area contributed by atoms with Crippen LogP contribution in [0.15, 0.2) is 64.0 Å². The van der Waals surface area contributed by atoms with Gasteiger partial charge in [0.1, 0.15) is 6.54 Å². The van der Waals surface area contributed by atoms with E-state index in [1.54, 1.807) is 0 Å². The van der Waals surface area contributed by atoms with Gasteiger partial charge in [0.05, 0.1) is 34.9 Å². The standard InChI is InChI=1S/C28H32N6O/c1-18-8-12-20(13-9-18)26-27(21-14-10-19(2)11-15-21)31-28-23(30-26)16-25(35)24(34(28)3)7-5-4-6-22-17-29-33-32-22/h8-15,24-25,35H,4-7,16-17H2,1-3H3. The second kappa shape index (κ2) is 10.0. The van der Waals surface area contributed by atoms with Crippen LogP contribution < -0.4 is 4.90 Å². The molecule has 0 fully saturated rings. The molecule has 0 saturated heterocycles. The van der Waals surface area contributed by atoms with Crippen molar-refractivity contribution in [2.24, 2.45) is 15.4 Å². The number of unbranched alkanes of at least 4 members (excludes halogenated alkanes) is 1. The molecule has 2 unspecified atom stereocenters. The normalized spacial score (nSPS) is 19.1. The summed E-state index contributed by atoms with van der Waals surface area (Å²) in [5.41, 5.74) is 8.14. The van der Waals surface area contributed by atoms with E-state index in [2.05, 4.69) is 82.7 Å². The lowest BCUT2D eigenvalue weighted by atomic mass is 9.93. The number of aromatic nitrogens is 2. The highest BCUT2D eigenvalue weighted by Crippen LogP contribution is 2.36. The summed E-state index contributed by atoms with van der Waals surface area (Å²) in [4.78, 5) is 12.4. The molecule has 2 aliphatic rings. The molecule has 1 N–H and O–H groups in total. The Morgan fingerprint density at radius 2 is 1.51 bits per heavy atom. The van der Waals surface area contributed by atoms with E-state index in [4.69, 9.17) is 9.97 Å². The van der Waals surface area contributed by atoms with Crippen molar-refractivity contribution < 1.29 is 5.11 Å². The van der Waals surface area contributed by atoms with Crippen molar-refractivity contribution in [1.29, 1.82) is 0 Å². The maximum atomic E-state index is 11.0. The summed E-state index contributed by atoms with van der Waals surface area (Å²) in [5.74, 6) is 0.865. The van der Waals surface area contributed by atoms with Gasteiger partial charge in [-0.25, -0.2) is 9.97 Å². The Balaban J connectivity index is 1.44. The van der Waals surface area contributed by atoms with Crippen LogP contribution in [0.1, 0.15) is 42.5 Å². The number of anilines is 1. The highest BCUT2D eigenvalue weighted by molar-refractivity contribution is 5.87. The fourth-order valence-electron chi connectivity index (χ4n) is 4.89. The van der Waals surface area contributed by atoms with Crippen molar-refractivity contribution in [3.05, 3.63) is 65.4 Å². The number of rotatable bonds is 7. The van der Waals surface area contributed by atoms with Gasteiger partial charge in [-0.15, -0.1) is 5.10 Å². The number of likely N-dealkylation sites (N-methyl/N-ethyl adjacent to an activating group) is 1. The first-order valence-corrected chi connectivity index (χ1v) is 12.4. The highest BCUT2D eigenvalue weighted by Gasteiger charge is 2.34. The van der Waals surface area contributed by atoms with Gasteiger partial charge in [-0.1, -0.05) is 66.1 Å². The zero-order valence-electron chi connectivity index (χ0n) is 20.6. The zero-order valence-corrected chi connectivity index (χ0v) is 20.6. The number of benzene rings is 2. The van der Waals surface area contributed by atoms with Gasteiger partial charge in [-0.2, -0.15) is 5.11 Å².